The third-order valence-corrected chi connectivity index (χ3v) is 7.13. The van der Waals surface area contributed by atoms with Crippen LogP contribution in [0.3, 0.4) is 0 Å². The van der Waals surface area contributed by atoms with Crippen LogP contribution in [0.25, 0.3) is 0 Å². The highest BCUT2D eigenvalue weighted by molar-refractivity contribution is 6.25. The van der Waals surface area contributed by atoms with E-state index in [-0.39, 0.29) is 0 Å². The number of nitrogens with zero attached hydrogens (tertiary/aromatic N) is 1. The molecule has 0 saturated carbocycles. The fraction of sp³-hybridized carbons (Fsp3) is 0.409. The van der Waals surface area contributed by atoms with Crippen molar-refractivity contribution in [1.82, 2.24) is 4.90 Å². The summed E-state index contributed by atoms with van der Waals surface area (Å²) in [6.07, 6.45) is -1.86. The first-order chi connectivity index (χ1) is 15.7. The van der Waals surface area contributed by atoms with Crippen LogP contribution in [-0.4, -0.2) is 79.7 Å². The van der Waals surface area contributed by atoms with Crippen LogP contribution < -0.4 is 5.73 Å². The van der Waals surface area contributed by atoms with E-state index in [4.69, 9.17) is 5.73 Å². The SMILES string of the molecule is CC1c2c(F)cc(F)c(O)c2C(=O)C2=C(O)C3(O)C(=O)C(C(N)=O)=C(O)C(N(C)C)C3C(O)C21. The van der Waals surface area contributed by atoms with Gasteiger partial charge in [-0.25, -0.2) is 8.78 Å². The fourth-order valence-corrected chi connectivity index (χ4v) is 5.68. The van der Waals surface area contributed by atoms with Gasteiger partial charge in [-0.2, -0.15) is 0 Å². The molecule has 0 aromatic heterocycles. The highest BCUT2D eigenvalue weighted by Crippen LogP contribution is 2.55. The van der Waals surface area contributed by atoms with Crippen molar-refractivity contribution < 1.29 is 48.7 Å². The number of aliphatic hydroxyl groups excluding tert-OH is 3. The number of phenolic OH excluding ortho intramolecular Hbond substituents is 1. The van der Waals surface area contributed by atoms with E-state index in [0.29, 0.717) is 6.07 Å². The Hall–Kier alpha value is -3.35. The molecule has 6 atom stereocenters. The highest BCUT2D eigenvalue weighted by atomic mass is 19.1. The molecule has 0 aliphatic heterocycles. The Morgan fingerprint density at radius 2 is 1.74 bits per heavy atom. The number of rotatable bonds is 2. The molecule has 0 spiro atoms. The minimum atomic E-state index is -3.09. The van der Waals surface area contributed by atoms with Crippen LogP contribution in [-0.2, 0) is 9.59 Å². The van der Waals surface area contributed by atoms with Crippen molar-refractivity contribution in [2.45, 2.75) is 30.6 Å². The summed E-state index contributed by atoms with van der Waals surface area (Å²) in [5, 5.41) is 54.7. The zero-order valence-corrected chi connectivity index (χ0v) is 18.2. The third-order valence-electron chi connectivity index (χ3n) is 7.13. The molecule has 0 fully saturated rings. The quantitative estimate of drug-likeness (QED) is 0.316. The van der Waals surface area contributed by atoms with Gasteiger partial charge in [0.2, 0.25) is 5.78 Å². The van der Waals surface area contributed by atoms with Crippen molar-refractivity contribution in [1.29, 1.82) is 0 Å². The Kier molecular flexibility index (Phi) is 5.13. The molecule has 7 N–H and O–H groups in total. The predicted molar refractivity (Wildman–Crippen MR) is 110 cm³/mol. The zero-order chi connectivity index (χ0) is 25.6. The minimum absolute atomic E-state index is 0.374. The first kappa shape index (κ1) is 23.8. The summed E-state index contributed by atoms with van der Waals surface area (Å²) in [5.74, 6) is -14.5. The number of aromatic hydroxyl groups is 1. The first-order valence-corrected chi connectivity index (χ1v) is 10.2. The van der Waals surface area contributed by atoms with Gasteiger partial charge in [-0.3, -0.25) is 19.3 Å². The molecule has 0 heterocycles. The number of carbonyl (C=O) groups is 3. The van der Waals surface area contributed by atoms with Crippen molar-refractivity contribution >= 4 is 17.5 Å². The standard InChI is InChI=1S/C22H22F2N2O8/c1-5-8-6(23)4-7(24)15(27)10(8)16(28)11-9(5)17(29)13-14(26(2)3)18(30)12(21(25)33)20(32)22(13,34)19(11)31/h4-5,9,13-14,17,27,29-31,34H,1-3H3,(H2,25,33). The average molecular weight is 480 g/mol. The van der Waals surface area contributed by atoms with E-state index in [2.05, 4.69) is 0 Å². The molecular formula is C22H22F2N2O8. The van der Waals surface area contributed by atoms with Gasteiger partial charge in [0, 0.05) is 23.1 Å². The van der Waals surface area contributed by atoms with Crippen LogP contribution in [0.4, 0.5) is 8.78 Å². The molecular weight excluding hydrogens is 458 g/mol. The fourth-order valence-electron chi connectivity index (χ4n) is 5.68. The van der Waals surface area contributed by atoms with Crippen molar-refractivity contribution in [3.8, 4) is 5.75 Å². The number of ketones is 2. The molecule has 0 saturated heterocycles. The van der Waals surface area contributed by atoms with Gasteiger partial charge in [-0.1, -0.05) is 6.92 Å². The van der Waals surface area contributed by atoms with E-state index in [1.807, 2.05) is 0 Å². The van der Waals surface area contributed by atoms with E-state index >= 15 is 0 Å². The number of Topliss-reactive ketones (excluding diaryl/α,β-unsaturated/α-hetero) is 2. The Balaban J connectivity index is 2.09. The lowest BCUT2D eigenvalue weighted by Crippen LogP contribution is -2.68. The third kappa shape index (κ3) is 2.67. The maximum Gasteiger partial charge on any atom is 0.255 e. The predicted octanol–water partition coefficient (Wildman–Crippen LogP) is -0.0694. The van der Waals surface area contributed by atoms with Crippen LogP contribution >= 0.6 is 0 Å². The van der Waals surface area contributed by atoms with Gasteiger partial charge in [0.1, 0.15) is 22.9 Å². The second-order valence-corrected chi connectivity index (χ2v) is 9.03. The highest BCUT2D eigenvalue weighted by Gasteiger charge is 2.67. The summed E-state index contributed by atoms with van der Waals surface area (Å²) in [5.41, 5.74) is -0.899. The van der Waals surface area contributed by atoms with E-state index in [1.165, 1.54) is 25.9 Å². The van der Waals surface area contributed by atoms with Crippen molar-refractivity contribution in [3.63, 3.8) is 0 Å². The second-order valence-electron chi connectivity index (χ2n) is 9.03. The number of aliphatic hydroxyl groups is 4. The number of hydrogen-bond donors (Lipinski definition) is 6. The normalized spacial score (nSPS) is 33.1. The van der Waals surface area contributed by atoms with Gasteiger partial charge in [-0.05, 0) is 20.0 Å². The monoisotopic (exact) mass is 480 g/mol. The molecule has 0 radical (unpaired) electrons. The Labute approximate surface area is 191 Å². The van der Waals surface area contributed by atoms with E-state index in [1.54, 1.807) is 0 Å². The molecule has 3 aliphatic rings. The van der Waals surface area contributed by atoms with Gasteiger partial charge in [-0.15, -0.1) is 0 Å². The van der Waals surface area contributed by atoms with Gasteiger partial charge in [0.25, 0.3) is 5.91 Å². The summed E-state index contributed by atoms with van der Waals surface area (Å²) in [4.78, 5) is 39.7. The lowest BCUT2D eigenvalue weighted by Gasteiger charge is -2.53. The van der Waals surface area contributed by atoms with Crippen LogP contribution in [0, 0.1) is 23.5 Å². The number of amides is 1. The summed E-state index contributed by atoms with van der Waals surface area (Å²) in [6.45, 7) is 1.34. The van der Waals surface area contributed by atoms with E-state index < -0.39 is 104 Å². The van der Waals surface area contributed by atoms with Gasteiger partial charge in [0.05, 0.1) is 23.6 Å². The summed E-state index contributed by atoms with van der Waals surface area (Å²) in [6, 6.07) is -1.06. The first-order valence-electron chi connectivity index (χ1n) is 10.2. The Bertz CT molecular complexity index is 1240. The number of likely N-dealkylation sites (N-methyl/N-ethyl adjacent to an activating group) is 1. The average Bonchev–Trinajstić information content (AvgIpc) is 2.73. The number of phenols is 1. The summed E-state index contributed by atoms with van der Waals surface area (Å²) < 4.78 is 28.8. The number of primary amides is 1. The number of benzene rings is 1. The second kappa shape index (κ2) is 7.32. The molecule has 1 amide bonds. The number of carbonyl (C=O) groups excluding carboxylic acids is 3. The maximum atomic E-state index is 14.7. The van der Waals surface area contributed by atoms with E-state index in [9.17, 15) is 48.7 Å². The smallest absolute Gasteiger partial charge is 0.255 e. The lowest BCUT2D eigenvalue weighted by atomic mass is 9.55. The number of nitrogens with two attached hydrogens (primary N) is 1. The molecule has 6 unspecified atom stereocenters. The molecule has 182 valence electrons. The van der Waals surface area contributed by atoms with Crippen LogP contribution in [0.15, 0.2) is 28.7 Å². The van der Waals surface area contributed by atoms with Crippen molar-refractivity contribution in [3.05, 3.63) is 51.5 Å². The Morgan fingerprint density at radius 3 is 2.26 bits per heavy atom. The topological polar surface area (TPSA) is 182 Å². The molecule has 12 heteroatoms. The lowest BCUT2D eigenvalue weighted by molar-refractivity contribution is -0.162. The molecule has 10 nitrogen and oxygen atoms in total. The van der Waals surface area contributed by atoms with Gasteiger partial charge in [0.15, 0.2) is 23.0 Å². The molecule has 34 heavy (non-hydrogen) atoms. The molecule has 1 aromatic carbocycles. The summed E-state index contributed by atoms with van der Waals surface area (Å²) in [7, 11) is 2.79. The number of fused-ring (bicyclic) bond motifs is 3. The Morgan fingerprint density at radius 1 is 1.15 bits per heavy atom. The van der Waals surface area contributed by atoms with Crippen molar-refractivity contribution in [2.75, 3.05) is 14.1 Å². The zero-order valence-electron chi connectivity index (χ0n) is 18.2. The molecule has 1 aromatic rings. The summed E-state index contributed by atoms with van der Waals surface area (Å²) >= 11 is 0. The van der Waals surface area contributed by atoms with Crippen LogP contribution in [0.5, 0.6) is 5.75 Å². The molecule has 4 rings (SSSR count). The van der Waals surface area contributed by atoms with Gasteiger partial charge < -0.3 is 31.3 Å². The van der Waals surface area contributed by atoms with E-state index in [0.717, 1.165) is 0 Å². The number of halogens is 2. The largest absolute Gasteiger partial charge is 0.510 e. The van der Waals surface area contributed by atoms with Crippen molar-refractivity contribution in [2.24, 2.45) is 17.6 Å². The van der Waals surface area contributed by atoms with Crippen LogP contribution in [0.2, 0.25) is 0 Å². The maximum absolute atomic E-state index is 14.7. The minimum Gasteiger partial charge on any atom is -0.510 e. The molecule has 3 aliphatic carbocycles. The molecule has 0 bridgehead atoms. The number of hydrogen-bond acceptors (Lipinski definition) is 9. The van der Waals surface area contributed by atoms with Gasteiger partial charge >= 0.3 is 0 Å². The van der Waals surface area contributed by atoms with Crippen LogP contribution in [0.1, 0.15) is 28.8 Å².